The second-order valence-electron chi connectivity index (χ2n) is 5.84. The number of nitrogens with one attached hydrogen (secondary N) is 1. The Kier molecular flexibility index (Phi) is 4.05. The van der Waals surface area contributed by atoms with Crippen molar-refractivity contribution in [3.05, 3.63) is 101 Å². The molecule has 0 unspecified atom stereocenters. The van der Waals surface area contributed by atoms with E-state index in [0.717, 1.165) is 22.2 Å². The largest absolute Gasteiger partial charge is 0.422 e. The first-order valence-electron chi connectivity index (χ1n) is 8.22. The highest BCUT2D eigenvalue weighted by molar-refractivity contribution is 5.97. The SMILES string of the molecule is O=c1oc2ccccc2c(NCc2ccccc2)c1-c1ccccc1. The van der Waals surface area contributed by atoms with Crippen LogP contribution in [0.1, 0.15) is 5.56 Å². The third-order valence-electron chi connectivity index (χ3n) is 4.19. The second-order valence-corrected chi connectivity index (χ2v) is 5.84. The van der Waals surface area contributed by atoms with Crippen molar-refractivity contribution in [3.8, 4) is 11.1 Å². The zero-order valence-electron chi connectivity index (χ0n) is 13.6. The first kappa shape index (κ1) is 15.2. The van der Waals surface area contributed by atoms with E-state index in [4.69, 9.17) is 4.42 Å². The molecule has 3 nitrogen and oxygen atoms in total. The smallest absolute Gasteiger partial charge is 0.346 e. The summed E-state index contributed by atoms with van der Waals surface area (Å²) >= 11 is 0. The van der Waals surface area contributed by atoms with Crippen LogP contribution in [0.2, 0.25) is 0 Å². The van der Waals surface area contributed by atoms with E-state index in [1.165, 1.54) is 0 Å². The molecule has 0 amide bonds. The van der Waals surface area contributed by atoms with Crippen LogP contribution in [0, 0.1) is 0 Å². The van der Waals surface area contributed by atoms with Crippen LogP contribution in [0.15, 0.2) is 94.1 Å². The van der Waals surface area contributed by atoms with E-state index >= 15 is 0 Å². The van der Waals surface area contributed by atoms with Crippen LogP contribution in [-0.2, 0) is 6.54 Å². The summed E-state index contributed by atoms with van der Waals surface area (Å²) in [6.07, 6.45) is 0. The Morgan fingerprint density at radius 2 is 1.40 bits per heavy atom. The molecule has 0 aliphatic heterocycles. The Hall–Kier alpha value is -3.33. The molecule has 0 atom stereocenters. The molecule has 0 saturated heterocycles. The van der Waals surface area contributed by atoms with Crippen molar-refractivity contribution in [2.75, 3.05) is 5.32 Å². The Bertz CT molecular complexity index is 1050. The topological polar surface area (TPSA) is 42.2 Å². The number of benzene rings is 3. The van der Waals surface area contributed by atoms with Gasteiger partial charge in [0.15, 0.2) is 0 Å². The van der Waals surface area contributed by atoms with Crippen LogP contribution < -0.4 is 10.9 Å². The van der Waals surface area contributed by atoms with Crippen molar-refractivity contribution in [1.82, 2.24) is 0 Å². The van der Waals surface area contributed by atoms with Gasteiger partial charge in [0.05, 0.1) is 11.3 Å². The van der Waals surface area contributed by atoms with Crippen LogP contribution >= 0.6 is 0 Å². The average Bonchev–Trinajstić information content (AvgIpc) is 2.67. The lowest BCUT2D eigenvalue weighted by Gasteiger charge is -2.14. The van der Waals surface area contributed by atoms with E-state index in [0.29, 0.717) is 17.7 Å². The second kappa shape index (κ2) is 6.65. The molecule has 0 aliphatic carbocycles. The predicted octanol–water partition coefficient (Wildman–Crippen LogP) is 5.07. The Balaban J connectivity index is 1.88. The molecule has 3 aromatic carbocycles. The minimum Gasteiger partial charge on any atom is -0.422 e. The zero-order valence-corrected chi connectivity index (χ0v) is 13.6. The maximum atomic E-state index is 12.7. The monoisotopic (exact) mass is 327 g/mol. The molecule has 3 heteroatoms. The summed E-state index contributed by atoms with van der Waals surface area (Å²) in [5.41, 5.74) is 3.62. The summed E-state index contributed by atoms with van der Waals surface area (Å²) in [5, 5.41) is 4.35. The van der Waals surface area contributed by atoms with Crippen LogP contribution in [0.3, 0.4) is 0 Å². The minimum atomic E-state index is -0.333. The lowest BCUT2D eigenvalue weighted by molar-refractivity contribution is 0.564. The van der Waals surface area contributed by atoms with Crippen molar-refractivity contribution >= 4 is 16.7 Å². The molecule has 0 fully saturated rings. The van der Waals surface area contributed by atoms with E-state index in [1.54, 1.807) is 0 Å². The Morgan fingerprint density at radius 3 is 2.16 bits per heavy atom. The van der Waals surface area contributed by atoms with Crippen LogP contribution in [0.25, 0.3) is 22.1 Å². The van der Waals surface area contributed by atoms with E-state index in [9.17, 15) is 4.79 Å². The maximum absolute atomic E-state index is 12.7. The van der Waals surface area contributed by atoms with Gasteiger partial charge in [-0.05, 0) is 23.3 Å². The zero-order chi connectivity index (χ0) is 17.1. The van der Waals surface area contributed by atoms with Gasteiger partial charge in [-0.3, -0.25) is 0 Å². The van der Waals surface area contributed by atoms with E-state index in [1.807, 2.05) is 72.8 Å². The first-order chi connectivity index (χ1) is 12.3. The molecule has 1 heterocycles. The first-order valence-corrected chi connectivity index (χ1v) is 8.22. The number of para-hydroxylation sites is 1. The molecule has 0 aliphatic rings. The van der Waals surface area contributed by atoms with E-state index in [-0.39, 0.29) is 5.63 Å². The normalized spacial score (nSPS) is 10.7. The number of hydrogen-bond donors (Lipinski definition) is 1. The highest BCUT2D eigenvalue weighted by atomic mass is 16.4. The van der Waals surface area contributed by atoms with Gasteiger partial charge in [-0.25, -0.2) is 4.79 Å². The van der Waals surface area contributed by atoms with Gasteiger partial charge >= 0.3 is 5.63 Å². The van der Waals surface area contributed by atoms with Crippen molar-refractivity contribution in [3.63, 3.8) is 0 Å². The fourth-order valence-corrected chi connectivity index (χ4v) is 2.99. The molecule has 0 radical (unpaired) electrons. The highest BCUT2D eigenvalue weighted by Crippen LogP contribution is 2.32. The number of anilines is 1. The summed E-state index contributed by atoms with van der Waals surface area (Å²) in [5.74, 6) is 0. The fourth-order valence-electron chi connectivity index (χ4n) is 2.99. The van der Waals surface area contributed by atoms with Crippen LogP contribution in [-0.4, -0.2) is 0 Å². The fraction of sp³-hybridized carbons (Fsp3) is 0.0455. The van der Waals surface area contributed by atoms with Gasteiger partial charge in [0.1, 0.15) is 5.58 Å². The van der Waals surface area contributed by atoms with Gasteiger partial charge in [0, 0.05) is 11.9 Å². The van der Waals surface area contributed by atoms with Crippen molar-refractivity contribution in [2.45, 2.75) is 6.54 Å². The lowest BCUT2D eigenvalue weighted by atomic mass is 10.0. The van der Waals surface area contributed by atoms with E-state index < -0.39 is 0 Å². The molecule has 25 heavy (non-hydrogen) atoms. The van der Waals surface area contributed by atoms with Gasteiger partial charge in [-0.2, -0.15) is 0 Å². The standard InChI is InChI=1S/C22H17NO2/c24-22-20(17-11-5-2-6-12-17)21(18-13-7-8-14-19(18)25-22)23-15-16-9-3-1-4-10-16/h1-14,23H,15H2. The predicted molar refractivity (Wildman–Crippen MR) is 102 cm³/mol. The summed E-state index contributed by atoms with van der Waals surface area (Å²) < 4.78 is 5.54. The number of hydrogen-bond acceptors (Lipinski definition) is 3. The van der Waals surface area contributed by atoms with Crippen molar-refractivity contribution in [2.24, 2.45) is 0 Å². The molecule has 122 valence electrons. The molecule has 1 N–H and O–H groups in total. The molecule has 0 spiro atoms. The summed E-state index contributed by atoms with van der Waals surface area (Å²) in [6, 6.07) is 27.4. The Labute approximate surface area is 145 Å². The van der Waals surface area contributed by atoms with Crippen molar-refractivity contribution < 1.29 is 4.42 Å². The Morgan fingerprint density at radius 1 is 0.760 bits per heavy atom. The number of rotatable bonds is 4. The van der Waals surface area contributed by atoms with Gasteiger partial charge in [-0.1, -0.05) is 72.8 Å². The molecular weight excluding hydrogens is 310 g/mol. The molecule has 1 aromatic heterocycles. The van der Waals surface area contributed by atoms with Crippen LogP contribution in [0.4, 0.5) is 5.69 Å². The third-order valence-corrected chi connectivity index (χ3v) is 4.19. The minimum absolute atomic E-state index is 0.333. The van der Waals surface area contributed by atoms with Gasteiger partial charge < -0.3 is 9.73 Å². The summed E-state index contributed by atoms with van der Waals surface area (Å²) in [6.45, 7) is 0.633. The highest BCUT2D eigenvalue weighted by Gasteiger charge is 2.15. The molecule has 4 rings (SSSR count). The van der Waals surface area contributed by atoms with Crippen LogP contribution in [0.5, 0.6) is 0 Å². The summed E-state index contributed by atoms with van der Waals surface area (Å²) in [4.78, 5) is 12.7. The van der Waals surface area contributed by atoms with Gasteiger partial charge in [0.25, 0.3) is 0 Å². The molecule has 0 saturated carbocycles. The number of fused-ring (bicyclic) bond motifs is 1. The van der Waals surface area contributed by atoms with E-state index in [2.05, 4.69) is 17.4 Å². The van der Waals surface area contributed by atoms with Crippen molar-refractivity contribution in [1.29, 1.82) is 0 Å². The third kappa shape index (κ3) is 3.04. The average molecular weight is 327 g/mol. The lowest BCUT2D eigenvalue weighted by Crippen LogP contribution is -2.10. The quantitative estimate of drug-likeness (QED) is 0.532. The van der Waals surface area contributed by atoms with Gasteiger partial charge in [-0.15, -0.1) is 0 Å². The molecule has 4 aromatic rings. The summed E-state index contributed by atoms with van der Waals surface area (Å²) in [7, 11) is 0. The van der Waals surface area contributed by atoms with Gasteiger partial charge in [0.2, 0.25) is 0 Å². The molecule has 0 bridgehead atoms. The molecular formula is C22H17NO2. The maximum Gasteiger partial charge on any atom is 0.346 e.